The van der Waals surface area contributed by atoms with Gasteiger partial charge in [0.05, 0.1) is 0 Å². The van der Waals surface area contributed by atoms with Gasteiger partial charge in [-0.05, 0) is 94.2 Å². The van der Waals surface area contributed by atoms with Crippen molar-refractivity contribution >= 4 is 27.4 Å². The highest BCUT2D eigenvalue weighted by Crippen LogP contribution is 2.60. The second kappa shape index (κ2) is 5.70. The van der Waals surface area contributed by atoms with E-state index in [-0.39, 0.29) is 11.0 Å². The van der Waals surface area contributed by atoms with Crippen LogP contribution in [0.15, 0.2) is 28.7 Å². The molecule has 0 spiro atoms. The number of benzene rings is 1. The summed E-state index contributed by atoms with van der Waals surface area (Å²) < 4.78 is 1.11. The van der Waals surface area contributed by atoms with E-state index in [2.05, 4.69) is 53.3 Å². The molecule has 4 bridgehead atoms. The average molecular weight is 414 g/mol. The Balaban J connectivity index is 1.51. The maximum atomic E-state index is 13.5. The Hall–Kier alpha value is -1.09. The third kappa shape index (κ3) is 2.78. The molecule has 0 aromatic heterocycles. The van der Waals surface area contributed by atoms with E-state index in [1.165, 1.54) is 30.4 Å². The molecule has 1 aliphatic heterocycles. The van der Waals surface area contributed by atoms with Crippen molar-refractivity contribution < 1.29 is 4.79 Å². The van der Waals surface area contributed by atoms with Gasteiger partial charge in [-0.15, -0.1) is 0 Å². The van der Waals surface area contributed by atoms with E-state index in [4.69, 9.17) is 0 Å². The first-order valence-electron chi connectivity index (χ1n) is 10.2. The van der Waals surface area contributed by atoms with Crippen LogP contribution in [-0.2, 0) is 11.2 Å². The van der Waals surface area contributed by atoms with E-state index in [0.717, 1.165) is 53.6 Å². The fourth-order valence-electron chi connectivity index (χ4n) is 6.73. The first-order chi connectivity index (χ1) is 12.3. The smallest absolute Gasteiger partial charge is 0.163 e. The summed E-state index contributed by atoms with van der Waals surface area (Å²) in [5.41, 5.74) is 3.48. The molecular weight excluding hydrogens is 386 g/mol. The van der Waals surface area contributed by atoms with Gasteiger partial charge in [0, 0.05) is 32.8 Å². The van der Waals surface area contributed by atoms with Crippen LogP contribution in [0.2, 0.25) is 0 Å². The van der Waals surface area contributed by atoms with E-state index < -0.39 is 0 Å². The number of allylic oxidation sites excluding steroid dienone is 1. The molecule has 138 valence electrons. The van der Waals surface area contributed by atoms with Crippen molar-refractivity contribution in [2.24, 2.45) is 23.2 Å². The van der Waals surface area contributed by atoms with Gasteiger partial charge in [-0.25, -0.2) is 0 Å². The zero-order valence-corrected chi connectivity index (χ0v) is 17.4. The van der Waals surface area contributed by atoms with Crippen molar-refractivity contribution in [2.75, 3.05) is 0 Å². The molecule has 0 saturated heterocycles. The molecule has 26 heavy (non-hydrogen) atoms. The summed E-state index contributed by atoms with van der Waals surface area (Å²) in [5.74, 6) is 2.82. The van der Waals surface area contributed by atoms with Gasteiger partial charge in [0.1, 0.15) is 0 Å². The van der Waals surface area contributed by atoms with Crippen LogP contribution in [0.1, 0.15) is 63.5 Å². The number of rotatable bonds is 2. The first kappa shape index (κ1) is 17.0. The molecule has 0 atom stereocenters. The summed E-state index contributed by atoms with van der Waals surface area (Å²) >= 11 is 3.60. The number of nitrogens with one attached hydrogen (secondary N) is 1. The van der Waals surface area contributed by atoms with Gasteiger partial charge in [0.2, 0.25) is 0 Å². The number of ketones is 1. The molecule has 0 amide bonds. The molecule has 1 heterocycles. The van der Waals surface area contributed by atoms with E-state index in [1.54, 1.807) is 0 Å². The number of carbonyl (C=O) groups is 1. The topological polar surface area (TPSA) is 29.1 Å². The molecule has 5 aliphatic rings. The van der Waals surface area contributed by atoms with E-state index in [1.807, 2.05) is 6.08 Å². The van der Waals surface area contributed by atoms with Gasteiger partial charge in [-0.2, -0.15) is 0 Å². The Bertz CT molecular complexity index is 771. The molecule has 2 nitrogen and oxygen atoms in total. The third-order valence-electron chi connectivity index (χ3n) is 7.30. The molecule has 4 saturated carbocycles. The maximum absolute atomic E-state index is 13.5. The zero-order valence-electron chi connectivity index (χ0n) is 15.8. The zero-order chi connectivity index (χ0) is 18.1. The molecule has 0 unspecified atom stereocenters. The quantitative estimate of drug-likeness (QED) is 0.648. The van der Waals surface area contributed by atoms with Gasteiger partial charge >= 0.3 is 0 Å². The van der Waals surface area contributed by atoms with Crippen LogP contribution in [0.3, 0.4) is 0 Å². The lowest BCUT2D eigenvalue weighted by molar-refractivity contribution is -0.138. The standard InChI is InChI=1S/C23H28BrNO/c1-22(2)13-17-8-18(24)3-4-19(17)20(25-22)9-21(26)23-10-14-5-15(11-23)7-16(6-14)12-23/h3-4,8-9,14-16,25H,5-7,10-13H2,1-2H3. The Morgan fingerprint density at radius 1 is 1.12 bits per heavy atom. The average Bonchev–Trinajstić information content (AvgIpc) is 2.51. The summed E-state index contributed by atoms with van der Waals surface area (Å²) in [5, 5.41) is 3.66. The second-order valence-corrected chi connectivity index (χ2v) is 11.0. The van der Waals surface area contributed by atoms with Crippen molar-refractivity contribution in [3.63, 3.8) is 0 Å². The van der Waals surface area contributed by atoms with Gasteiger partial charge in [-0.3, -0.25) is 4.79 Å². The van der Waals surface area contributed by atoms with Crippen LogP contribution in [0.25, 0.3) is 5.70 Å². The van der Waals surface area contributed by atoms with Crippen molar-refractivity contribution in [1.82, 2.24) is 5.32 Å². The fourth-order valence-corrected chi connectivity index (χ4v) is 7.14. The summed E-state index contributed by atoms with van der Waals surface area (Å²) in [6.07, 6.45) is 10.5. The van der Waals surface area contributed by atoms with Crippen molar-refractivity contribution in [1.29, 1.82) is 0 Å². The Kier molecular flexibility index (Phi) is 3.74. The van der Waals surface area contributed by atoms with Crippen LogP contribution in [0, 0.1) is 23.2 Å². The second-order valence-electron chi connectivity index (χ2n) is 10.1. The molecule has 0 radical (unpaired) electrons. The Morgan fingerprint density at radius 3 is 2.35 bits per heavy atom. The number of fused-ring (bicyclic) bond motifs is 1. The number of hydrogen-bond donors (Lipinski definition) is 1. The molecule has 6 rings (SSSR count). The van der Waals surface area contributed by atoms with E-state index >= 15 is 0 Å². The minimum absolute atomic E-state index is 0.0264. The number of carbonyl (C=O) groups excluding carboxylic acids is 1. The van der Waals surface area contributed by atoms with E-state index in [9.17, 15) is 4.79 Å². The van der Waals surface area contributed by atoms with Gasteiger partial charge in [0.25, 0.3) is 0 Å². The minimum atomic E-state index is -0.0550. The maximum Gasteiger partial charge on any atom is 0.163 e. The summed E-state index contributed by atoms with van der Waals surface area (Å²) in [7, 11) is 0. The predicted octanol–water partition coefficient (Wildman–Crippen LogP) is 5.50. The summed E-state index contributed by atoms with van der Waals surface area (Å²) in [6, 6.07) is 6.45. The van der Waals surface area contributed by atoms with Gasteiger partial charge in [0.15, 0.2) is 5.78 Å². The monoisotopic (exact) mass is 413 g/mol. The van der Waals surface area contributed by atoms with Crippen LogP contribution in [-0.4, -0.2) is 11.3 Å². The molecule has 1 N–H and O–H groups in total. The van der Waals surface area contributed by atoms with Crippen LogP contribution < -0.4 is 5.32 Å². The van der Waals surface area contributed by atoms with Crippen molar-refractivity contribution in [3.05, 3.63) is 39.9 Å². The minimum Gasteiger partial charge on any atom is -0.379 e. The van der Waals surface area contributed by atoms with Crippen molar-refractivity contribution in [3.8, 4) is 0 Å². The number of hydrogen-bond acceptors (Lipinski definition) is 2. The van der Waals surface area contributed by atoms with E-state index in [0.29, 0.717) is 5.78 Å². The molecule has 4 fully saturated rings. The lowest BCUT2D eigenvalue weighted by Crippen LogP contribution is -2.50. The molecule has 1 aromatic carbocycles. The van der Waals surface area contributed by atoms with Crippen LogP contribution in [0.5, 0.6) is 0 Å². The molecule has 4 aliphatic carbocycles. The normalized spacial score (nSPS) is 38.1. The number of halogens is 1. The highest BCUT2D eigenvalue weighted by Gasteiger charge is 2.53. The summed E-state index contributed by atoms with van der Waals surface area (Å²) in [6.45, 7) is 4.44. The fraction of sp³-hybridized carbons (Fsp3) is 0.609. The molecular formula is C23H28BrNO. The highest BCUT2D eigenvalue weighted by molar-refractivity contribution is 9.10. The Morgan fingerprint density at radius 2 is 1.73 bits per heavy atom. The predicted molar refractivity (Wildman–Crippen MR) is 109 cm³/mol. The molecule has 3 heteroatoms. The van der Waals surface area contributed by atoms with Crippen LogP contribution in [0.4, 0.5) is 0 Å². The van der Waals surface area contributed by atoms with Gasteiger partial charge in [-0.1, -0.05) is 22.0 Å². The lowest BCUT2D eigenvalue weighted by Gasteiger charge is -2.55. The van der Waals surface area contributed by atoms with Gasteiger partial charge < -0.3 is 5.32 Å². The van der Waals surface area contributed by atoms with Crippen LogP contribution >= 0.6 is 15.9 Å². The SMILES string of the molecule is CC1(C)Cc2cc(Br)ccc2C(=CC(=O)C23CC4CC(CC(C4)C2)C3)N1. The third-order valence-corrected chi connectivity index (χ3v) is 7.79. The van der Waals surface area contributed by atoms with Crippen molar-refractivity contribution in [2.45, 2.75) is 64.3 Å². The largest absolute Gasteiger partial charge is 0.379 e. The molecule has 1 aromatic rings. The lowest BCUT2D eigenvalue weighted by atomic mass is 9.48. The first-order valence-corrected chi connectivity index (χ1v) is 10.9. The summed E-state index contributed by atoms with van der Waals surface area (Å²) in [4.78, 5) is 13.5. The highest BCUT2D eigenvalue weighted by atomic mass is 79.9. The Labute approximate surface area is 165 Å².